The van der Waals surface area contributed by atoms with E-state index in [1.54, 1.807) is 11.8 Å². The van der Waals surface area contributed by atoms with Gasteiger partial charge in [0, 0.05) is 14.2 Å². The maximum Gasteiger partial charge on any atom is 0.181 e. The molecular weight excluding hydrogens is 170 g/mol. The Morgan fingerprint density at radius 3 is 3.08 bits per heavy atom. The fraction of sp³-hybridized carbons (Fsp3) is 0.429. The number of rotatable bonds is 2. The summed E-state index contributed by atoms with van der Waals surface area (Å²) in [5, 5.41) is 11.8. The van der Waals surface area contributed by atoms with E-state index in [1.807, 2.05) is 7.05 Å². The third-order valence-corrected chi connectivity index (χ3v) is 1.92. The molecule has 0 aliphatic heterocycles. The highest BCUT2D eigenvalue weighted by Crippen LogP contribution is 2.21. The van der Waals surface area contributed by atoms with Crippen molar-refractivity contribution in [1.29, 1.82) is 0 Å². The number of nitrogen functional groups attached to an aromatic ring is 1. The van der Waals surface area contributed by atoms with E-state index < -0.39 is 0 Å². The summed E-state index contributed by atoms with van der Waals surface area (Å²) in [6, 6.07) is 0. The van der Waals surface area contributed by atoms with Crippen LogP contribution in [0, 0.1) is 0 Å². The van der Waals surface area contributed by atoms with Gasteiger partial charge in [0.05, 0.1) is 12.0 Å². The Balaban J connectivity index is 2.66. The first-order valence-electron chi connectivity index (χ1n) is 3.88. The molecule has 70 valence electrons. The average molecular weight is 181 g/mol. The minimum absolute atomic E-state index is 0.446. The number of fused-ring (bicyclic) bond motifs is 1. The number of aromatic amines is 1. The molecule has 2 heterocycles. The van der Waals surface area contributed by atoms with E-state index in [9.17, 15) is 0 Å². The van der Waals surface area contributed by atoms with Crippen LogP contribution in [0.15, 0.2) is 0 Å². The van der Waals surface area contributed by atoms with Gasteiger partial charge >= 0.3 is 0 Å². The van der Waals surface area contributed by atoms with Crippen LogP contribution in [0.2, 0.25) is 0 Å². The molecule has 2 aromatic rings. The summed E-state index contributed by atoms with van der Waals surface area (Å²) >= 11 is 0. The van der Waals surface area contributed by atoms with E-state index in [0.29, 0.717) is 12.4 Å². The van der Waals surface area contributed by atoms with Gasteiger partial charge in [-0.05, 0) is 0 Å². The van der Waals surface area contributed by atoms with E-state index in [-0.39, 0.29) is 0 Å². The number of aromatic nitrogens is 4. The summed E-state index contributed by atoms with van der Waals surface area (Å²) < 4.78 is 6.68. The predicted octanol–water partition coefficient (Wildman–Crippen LogP) is 0.0250. The van der Waals surface area contributed by atoms with Crippen LogP contribution in [0.4, 0.5) is 5.82 Å². The molecule has 6 heteroatoms. The van der Waals surface area contributed by atoms with E-state index >= 15 is 0 Å². The van der Waals surface area contributed by atoms with Crippen LogP contribution in [-0.2, 0) is 18.4 Å². The first kappa shape index (κ1) is 8.06. The Hall–Kier alpha value is -1.56. The lowest BCUT2D eigenvalue weighted by molar-refractivity contribution is 0.182. The van der Waals surface area contributed by atoms with Crippen molar-refractivity contribution >= 4 is 16.9 Å². The second-order valence-electron chi connectivity index (χ2n) is 2.84. The van der Waals surface area contributed by atoms with Gasteiger partial charge in [0.15, 0.2) is 5.65 Å². The van der Waals surface area contributed by atoms with Gasteiger partial charge in [-0.2, -0.15) is 10.2 Å². The molecule has 0 saturated carbocycles. The Bertz CT molecular complexity index is 429. The van der Waals surface area contributed by atoms with Gasteiger partial charge < -0.3 is 10.5 Å². The van der Waals surface area contributed by atoms with Crippen LogP contribution in [0.3, 0.4) is 0 Å². The van der Waals surface area contributed by atoms with Crippen LogP contribution in [0.25, 0.3) is 11.0 Å². The molecule has 0 aliphatic rings. The second kappa shape index (κ2) is 2.74. The van der Waals surface area contributed by atoms with Crippen molar-refractivity contribution in [3.05, 3.63) is 5.69 Å². The quantitative estimate of drug-likeness (QED) is 0.684. The Labute approximate surface area is 74.7 Å². The van der Waals surface area contributed by atoms with E-state index in [1.165, 1.54) is 0 Å². The van der Waals surface area contributed by atoms with E-state index in [2.05, 4.69) is 15.3 Å². The zero-order valence-corrected chi connectivity index (χ0v) is 7.53. The molecule has 0 saturated heterocycles. The molecule has 0 aromatic carbocycles. The zero-order chi connectivity index (χ0) is 9.42. The number of hydrogen-bond donors (Lipinski definition) is 2. The SMILES string of the molecule is COCc1nn(C)c2n[nH]c(N)c12. The second-order valence-corrected chi connectivity index (χ2v) is 2.84. The van der Waals surface area contributed by atoms with Crippen molar-refractivity contribution in [1.82, 2.24) is 20.0 Å². The molecule has 0 amide bonds. The predicted molar refractivity (Wildman–Crippen MR) is 48.0 cm³/mol. The first-order valence-corrected chi connectivity index (χ1v) is 3.88. The fourth-order valence-electron chi connectivity index (χ4n) is 1.38. The van der Waals surface area contributed by atoms with Crippen LogP contribution in [0.5, 0.6) is 0 Å². The molecule has 2 rings (SSSR count). The molecule has 0 unspecified atom stereocenters. The minimum atomic E-state index is 0.446. The number of methoxy groups -OCH3 is 1. The summed E-state index contributed by atoms with van der Waals surface area (Å²) in [4.78, 5) is 0. The normalized spacial score (nSPS) is 11.2. The average Bonchev–Trinajstić information content (AvgIpc) is 2.58. The summed E-state index contributed by atoms with van der Waals surface area (Å²) in [7, 11) is 3.44. The highest BCUT2D eigenvalue weighted by atomic mass is 16.5. The number of hydrogen-bond acceptors (Lipinski definition) is 4. The number of ether oxygens (including phenoxy) is 1. The molecule has 0 fully saturated rings. The maximum absolute atomic E-state index is 5.69. The lowest BCUT2D eigenvalue weighted by Gasteiger charge is -1.93. The van der Waals surface area contributed by atoms with E-state index in [4.69, 9.17) is 10.5 Å². The van der Waals surface area contributed by atoms with Gasteiger partial charge in [-0.25, -0.2) is 4.68 Å². The van der Waals surface area contributed by atoms with Crippen LogP contribution >= 0.6 is 0 Å². The van der Waals surface area contributed by atoms with Crippen molar-refractivity contribution < 1.29 is 4.74 Å². The molecule has 0 spiro atoms. The largest absolute Gasteiger partial charge is 0.383 e. The maximum atomic E-state index is 5.69. The zero-order valence-electron chi connectivity index (χ0n) is 7.53. The van der Waals surface area contributed by atoms with Gasteiger partial charge in [0.1, 0.15) is 11.5 Å². The fourth-order valence-corrected chi connectivity index (χ4v) is 1.38. The first-order chi connectivity index (χ1) is 6.24. The number of nitrogens with one attached hydrogen (secondary N) is 1. The van der Waals surface area contributed by atoms with Crippen molar-refractivity contribution in [2.45, 2.75) is 6.61 Å². The summed E-state index contributed by atoms with van der Waals surface area (Å²) in [5.74, 6) is 0.537. The molecule has 6 nitrogen and oxygen atoms in total. The molecule has 0 bridgehead atoms. The highest BCUT2D eigenvalue weighted by molar-refractivity contribution is 5.88. The van der Waals surface area contributed by atoms with Crippen molar-refractivity contribution in [2.75, 3.05) is 12.8 Å². The molecule has 2 aromatic heterocycles. The molecule has 3 N–H and O–H groups in total. The van der Waals surface area contributed by atoms with Gasteiger partial charge in [-0.3, -0.25) is 5.10 Å². The third kappa shape index (κ3) is 1.06. The van der Waals surface area contributed by atoms with Gasteiger partial charge in [0.25, 0.3) is 0 Å². The highest BCUT2D eigenvalue weighted by Gasteiger charge is 2.13. The van der Waals surface area contributed by atoms with Crippen molar-refractivity contribution in [3.63, 3.8) is 0 Å². The Morgan fingerprint density at radius 1 is 1.62 bits per heavy atom. The van der Waals surface area contributed by atoms with E-state index in [0.717, 1.165) is 16.7 Å². The number of H-pyrrole nitrogens is 1. The summed E-state index contributed by atoms with van der Waals surface area (Å²) in [6.07, 6.45) is 0. The summed E-state index contributed by atoms with van der Waals surface area (Å²) in [5.41, 5.74) is 7.26. The number of anilines is 1. The van der Waals surface area contributed by atoms with Crippen LogP contribution < -0.4 is 5.73 Å². The third-order valence-electron chi connectivity index (χ3n) is 1.92. The van der Waals surface area contributed by atoms with Crippen molar-refractivity contribution in [3.8, 4) is 0 Å². The smallest absolute Gasteiger partial charge is 0.181 e. The summed E-state index contributed by atoms with van der Waals surface area (Å²) in [6.45, 7) is 0.446. The molecular formula is C7H11N5O. The Morgan fingerprint density at radius 2 is 2.38 bits per heavy atom. The van der Waals surface area contributed by atoms with Crippen molar-refractivity contribution in [2.24, 2.45) is 7.05 Å². The standard InChI is InChI=1S/C7H11N5O/c1-12-7-5(6(8)9-10-7)4(11-12)3-13-2/h3H2,1-2H3,(H3,8,9,10). The van der Waals surface area contributed by atoms with Gasteiger partial charge in [-0.1, -0.05) is 0 Å². The monoisotopic (exact) mass is 181 g/mol. The number of aryl methyl sites for hydroxylation is 1. The minimum Gasteiger partial charge on any atom is -0.383 e. The van der Waals surface area contributed by atoms with Crippen LogP contribution in [0.1, 0.15) is 5.69 Å². The van der Waals surface area contributed by atoms with Gasteiger partial charge in [-0.15, -0.1) is 0 Å². The van der Waals surface area contributed by atoms with Gasteiger partial charge in [0.2, 0.25) is 0 Å². The lowest BCUT2D eigenvalue weighted by atomic mass is 10.3. The molecule has 0 radical (unpaired) electrons. The Kier molecular flexibility index (Phi) is 1.70. The molecule has 0 atom stereocenters. The topological polar surface area (TPSA) is 81.8 Å². The number of nitrogens with zero attached hydrogens (tertiary/aromatic N) is 3. The lowest BCUT2D eigenvalue weighted by Crippen LogP contribution is -1.95. The molecule has 0 aliphatic carbocycles. The molecule has 13 heavy (non-hydrogen) atoms. The number of nitrogens with two attached hydrogens (primary N) is 1. The van der Waals surface area contributed by atoms with Crippen LogP contribution in [-0.4, -0.2) is 27.1 Å².